The highest BCUT2D eigenvalue weighted by Crippen LogP contribution is 2.55. The van der Waals surface area contributed by atoms with Gasteiger partial charge in [-0.2, -0.15) is 0 Å². The van der Waals surface area contributed by atoms with E-state index in [0.29, 0.717) is 5.57 Å². The zero-order valence-corrected chi connectivity index (χ0v) is 15.3. The van der Waals surface area contributed by atoms with Crippen molar-refractivity contribution in [1.29, 1.82) is 0 Å². The van der Waals surface area contributed by atoms with Crippen molar-refractivity contribution >= 4 is 11.9 Å². The summed E-state index contributed by atoms with van der Waals surface area (Å²) in [4.78, 5) is 23.4. The highest BCUT2D eigenvalue weighted by Gasteiger charge is 2.48. The second-order valence-corrected chi connectivity index (χ2v) is 7.85. The fourth-order valence-electron chi connectivity index (χ4n) is 4.29. The Morgan fingerprint density at radius 1 is 1.38 bits per heavy atom. The molecule has 0 bridgehead atoms. The Bertz CT molecular complexity index is 562. The van der Waals surface area contributed by atoms with Crippen LogP contribution in [0.25, 0.3) is 0 Å². The number of esters is 1. The Morgan fingerprint density at radius 3 is 2.58 bits per heavy atom. The van der Waals surface area contributed by atoms with Crippen LogP contribution in [0.2, 0.25) is 0 Å². The van der Waals surface area contributed by atoms with Crippen molar-refractivity contribution in [2.75, 3.05) is 0 Å². The Morgan fingerprint density at radius 2 is 2.00 bits per heavy atom. The van der Waals surface area contributed by atoms with Crippen molar-refractivity contribution in [2.45, 2.75) is 65.9 Å². The molecule has 5 atom stereocenters. The first-order valence-corrected chi connectivity index (χ1v) is 8.95. The van der Waals surface area contributed by atoms with Gasteiger partial charge in [0.15, 0.2) is 0 Å². The molecular weight excluding hydrogens is 304 g/mol. The summed E-state index contributed by atoms with van der Waals surface area (Å²) in [6, 6.07) is 0. The van der Waals surface area contributed by atoms with Crippen LogP contribution in [0.15, 0.2) is 23.8 Å². The van der Waals surface area contributed by atoms with Crippen LogP contribution in [-0.2, 0) is 14.3 Å². The first kappa shape index (κ1) is 18.8. The molecule has 1 N–H and O–H groups in total. The number of carbonyl (C=O) groups is 2. The number of fused-ring (bicyclic) bond motifs is 1. The summed E-state index contributed by atoms with van der Waals surface area (Å²) >= 11 is 0. The molecule has 0 heterocycles. The topological polar surface area (TPSA) is 63.6 Å². The van der Waals surface area contributed by atoms with Crippen LogP contribution in [0.3, 0.4) is 0 Å². The number of aliphatic carboxylic acids is 1. The van der Waals surface area contributed by atoms with Crippen molar-refractivity contribution in [3.63, 3.8) is 0 Å². The molecule has 134 valence electrons. The molecule has 24 heavy (non-hydrogen) atoms. The first-order valence-electron chi connectivity index (χ1n) is 8.95. The van der Waals surface area contributed by atoms with Crippen molar-refractivity contribution in [3.05, 3.63) is 23.8 Å². The summed E-state index contributed by atoms with van der Waals surface area (Å²) in [6.45, 7) is 11.9. The predicted octanol–water partition coefficient (Wildman–Crippen LogP) is 4.36. The average Bonchev–Trinajstić information content (AvgIpc) is 2.55. The number of hydrogen-bond donors (Lipinski definition) is 1. The molecule has 0 spiro atoms. The van der Waals surface area contributed by atoms with Gasteiger partial charge in [-0.05, 0) is 68.8 Å². The summed E-state index contributed by atoms with van der Waals surface area (Å²) in [5, 5.41) is 9.32. The molecule has 2 saturated carbocycles. The fraction of sp³-hybridized carbons (Fsp3) is 0.700. The van der Waals surface area contributed by atoms with Gasteiger partial charge in [0, 0.05) is 5.57 Å². The lowest BCUT2D eigenvalue weighted by Gasteiger charge is -2.51. The summed E-state index contributed by atoms with van der Waals surface area (Å²) in [5.41, 5.74) is 1.74. The van der Waals surface area contributed by atoms with Crippen LogP contribution in [0, 0.1) is 23.2 Å². The number of rotatable bonds is 4. The molecule has 0 aromatic heterocycles. The lowest BCUT2D eigenvalue weighted by Crippen LogP contribution is -2.45. The lowest BCUT2D eigenvalue weighted by molar-refractivity contribution is -0.146. The highest BCUT2D eigenvalue weighted by atomic mass is 16.5. The van der Waals surface area contributed by atoms with E-state index in [2.05, 4.69) is 13.5 Å². The van der Waals surface area contributed by atoms with Gasteiger partial charge < -0.3 is 9.84 Å². The molecule has 2 aliphatic rings. The van der Waals surface area contributed by atoms with E-state index in [1.54, 1.807) is 19.9 Å². The molecule has 4 heteroatoms. The van der Waals surface area contributed by atoms with E-state index in [9.17, 15) is 14.7 Å². The van der Waals surface area contributed by atoms with Gasteiger partial charge in [0.25, 0.3) is 0 Å². The minimum absolute atomic E-state index is 0.157. The standard InChI is InChI=1S/C20H30O4/c1-6-12(2)19(23)24-17-8-10-20(5)9-7-15(13(3)18(21)22)11-16(20)14(17)4/h6,13,15-17H,4,7-11H2,1-3,5H3,(H,21,22)/b12-6+/t13-,15-,16+,17+,20+/m1/s1. The van der Waals surface area contributed by atoms with Crippen LogP contribution < -0.4 is 0 Å². The van der Waals surface area contributed by atoms with Crippen molar-refractivity contribution in [3.8, 4) is 0 Å². The van der Waals surface area contributed by atoms with Crippen LogP contribution in [0.5, 0.6) is 0 Å². The Kier molecular flexibility index (Phi) is 5.56. The Hall–Kier alpha value is -1.58. The third-order valence-electron chi connectivity index (χ3n) is 6.41. The monoisotopic (exact) mass is 334 g/mol. The maximum atomic E-state index is 12.1. The van der Waals surface area contributed by atoms with Gasteiger partial charge in [-0.1, -0.05) is 26.5 Å². The first-order chi connectivity index (χ1) is 11.2. The third-order valence-corrected chi connectivity index (χ3v) is 6.41. The molecule has 0 unspecified atom stereocenters. The van der Waals surface area contributed by atoms with Crippen LogP contribution in [-0.4, -0.2) is 23.1 Å². The number of carboxylic acid groups (broad SMARTS) is 1. The van der Waals surface area contributed by atoms with Crippen LogP contribution in [0.1, 0.15) is 59.8 Å². The SMILES string of the molecule is C=C1[C@@H](OC(=O)/C(C)=C/C)CC[C@]2(C)CC[C@@H]([C@@H](C)C(=O)O)C[C@@H]12. The molecule has 2 aliphatic carbocycles. The van der Waals surface area contributed by atoms with Crippen molar-refractivity contribution in [1.82, 2.24) is 0 Å². The normalized spacial score (nSPS) is 35.1. The van der Waals surface area contributed by atoms with Gasteiger partial charge in [0.05, 0.1) is 5.92 Å². The number of ether oxygens (including phenoxy) is 1. The molecule has 0 aliphatic heterocycles. The molecule has 2 rings (SSSR count). The third kappa shape index (κ3) is 3.57. The Balaban J connectivity index is 2.12. The highest BCUT2D eigenvalue weighted by molar-refractivity contribution is 5.87. The van der Waals surface area contributed by atoms with Gasteiger partial charge in [0.2, 0.25) is 0 Å². The average molecular weight is 334 g/mol. The summed E-state index contributed by atoms with van der Waals surface area (Å²) in [6.07, 6.45) is 6.13. The van der Waals surface area contributed by atoms with Crippen LogP contribution in [0.4, 0.5) is 0 Å². The van der Waals surface area contributed by atoms with Crippen LogP contribution >= 0.6 is 0 Å². The second-order valence-electron chi connectivity index (χ2n) is 7.85. The molecule has 2 fully saturated rings. The quantitative estimate of drug-likeness (QED) is 0.471. The molecule has 0 aromatic carbocycles. The predicted molar refractivity (Wildman–Crippen MR) is 93.4 cm³/mol. The smallest absolute Gasteiger partial charge is 0.333 e. The van der Waals surface area contributed by atoms with E-state index in [0.717, 1.165) is 37.7 Å². The number of carboxylic acids is 1. The van der Waals surface area contributed by atoms with Gasteiger partial charge in [-0.15, -0.1) is 0 Å². The van der Waals surface area contributed by atoms with E-state index < -0.39 is 5.97 Å². The molecule has 0 radical (unpaired) electrons. The molecule has 0 amide bonds. The van der Waals surface area contributed by atoms with E-state index in [1.165, 1.54) is 0 Å². The van der Waals surface area contributed by atoms with E-state index in [1.807, 2.05) is 6.92 Å². The maximum Gasteiger partial charge on any atom is 0.333 e. The summed E-state index contributed by atoms with van der Waals surface area (Å²) in [7, 11) is 0. The minimum atomic E-state index is -0.725. The largest absolute Gasteiger partial charge is 0.481 e. The maximum absolute atomic E-state index is 12.1. The summed E-state index contributed by atoms with van der Waals surface area (Å²) < 4.78 is 5.67. The van der Waals surface area contributed by atoms with Gasteiger partial charge in [-0.3, -0.25) is 4.79 Å². The zero-order chi connectivity index (χ0) is 18.1. The lowest BCUT2D eigenvalue weighted by atomic mass is 9.55. The number of allylic oxidation sites excluding steroid dienone is 1. The molecule has 0 saturated heterocycles. The van der Waals surface area contributed by atoms with Crippen molar-refractivity contribution < 1.29 is 19.4 Å². The second kappa shape index (κ2) is 7.12. The van der Waals surface area contributed by atoms with Gasteiger partial charge >= 0.3 is 11.9 Å². The Labute approximate surface area is 145 Å². The van der Waals surface area contributed by atoms with E-state index >= 15 is 0 Å². The summed E-state index contributed by atoms with van der Waals surface area (Å²) in [5.74, 6) is -0.940. The minimum Gasteiger partial charge on any atom is -0.481 e. The van der Waals surface area contributed by atoms with Gasteiger partial charge in [-0.25, -0.2) is 4.79 Å². The van der Waals surface area contributed by atoms with E-state index in [4.69, 9.17) is 4.74 Å². The zero-order valence-electron chi connectivity index (χ0n) is 15.3. The number of carbonyl (C=O) groups excluding carboxylic acids is 1. The van der Waals surface area contributed by atoms with Gasteiger partial charge in [0.1, 0.15) is 6.10 Å². The molecule has 4 nitrogen and oxygen atoms in total. The molecule has 0 aromatic rings. The van der Waals surface area contributed by atoms with Crippen molar-refractivity contribution in [2.24, 2.45) is 23.2 Å². The van der Waals surface area contributed by atoms with E-state index in [-0.39, 0.29) is 35.2 Å². The molecular formula is C20H30O4. The number of hydrogen-bond acceptors (Lipinski definition) is 3. The fourth-order valence-corrected chi connectivity index (χ4v) is 4.29.